The summed E-state index contributed by atoms with van der Waals surface area (Å²) < 4.78 is 21.6. The molecule has 0 spiro atoms. The van der Waals surface area contributed by atoms with Crippen LogP contribution in [-0.4, -0.2) is 24.6 Å². The van der Waals surface area contributed by atoms with Crippen LogP contribution < -0.4 is 14.8 Å². The van der Waals surface area contributed by atoms with Crippen LogP contribution in [0.3, 0.4) is 0 Å². The highest BCUT2D eigenvalue weighted by atomic mass is 16.6. The zero-order valence-electron chi connectivity index (χ0n) is 16.8. The molecule has 1 N–H and O–H groups in total. The van der Waals surface area contributed by atoms with Gasteiger partial charge in [0.25, 0.3) is 5.91 Å². The maximum atomic E-state index is 12.3. The van der Waals surface area contributed by atoms with Crippen LogP contribution in [-0.2, 0) is 16.1 Å². The monoisotopic (exact) mass is 409 g/mol. The van der Waals surface area contributed by atoms with Crippen molar-refractivity contribution in [3.8, 4) is 11.5 Å². The van der Waals surface area contributed by atoms with E-state index in [9.17, 15) is 9.59 Å². The number of anilines is 1. The second-order valence-electron chi connectivity index (χ2n) is 6.36. The molecule has 156 valence electrons. The van der Waals surface area contributed by atoms with E-state index in [1.165, 1.54) is 13.0 Å². The number of ether oxygens (including phenoxy) is 3. The molecule has 1 aromatic heterocycles. The number of benzene rings is 2. The molecule has 2 aromatic carbocycles. The van der Waals surface area contributed by atoms with Crippen molar-refractivity contribution >= 4 is 17.6 Å². The molecule has 30 heavy (non-hydrogen) atoms. The van der Waals surface area contributed by atoms with E-state index in [1.807, 2.05) is 37.3 Å². The lowest BCUT2D eigenvalue weighted by Gasteiger charge is -2.13. The van der Waals surface area contributed by atoms with Gasteiger partial charge in [0, 0.05) is 5.69 Å². The molecular weight excluding hydrogens is 386 g/mol. The van der Waals surface area contributed by atoms with Gasteiger partial charge >= 0.3 is 5.97 Å². The molecule has 0 aliphatic rings. The molecule has 0 radical (unpaired) electrons. The van der Waals surface area contributed by atoms with Crippen molar-refractivity contribution in [1.29, 1.82) is 0 Å². The molecule has 0 bridgehead atoms. The summed E-state index contributed by atoms with van der Waals surface area (Å²) in [7, 11) is 0. The van der Waals surface area contributed by atoms with Crippen molar-refractivity contribution in [2.45, 2.75) is 26.6 Å². The van der Waals surface area contributed by atoms with Crippen molar-refractivity contribution in [3.63, 3.8) is 0 Å². The van der Waals surface area contributed by atoms with Crippen LogP contribution in [0.25, 0.3) is 0 Å². The fourth-order valence-electron chi connectivity index (χ4n) is 2.55. The van der Waals surface area contributed by atoms with E-state index < -0.39 is 18.0 Å². The largest absolute Gasteiger partial charge is 0.494 e. The van der Waals surface area contributed by atoms with Gasteiger partial charge in [-0.1, -0.05) is 18.2 Å². The molecule has 0 aliphatic heterocycles. The minimum absolute atomic E-state index is 0.00220. The number of carbonyl (C=O) groups excluding carboxylic acids is 2. The molecule has 1 heterocycles. The number of hydrogen-bond donors (Lipinski definition) is 1. The topological polar surface area (TPSA) is 87.0 Å². The van der Waals surface area contributed by atoms with Crippen molar-refractivity contribution in [2.75, 3.05) is 11.9 Å². The SMILES string of the molecule is CCOc1ccc(NC(=O)C(C)OC(=O)c2ccc(COc3ccccc3)o2)cc1. The lowest BCUT2D eigenvalue weighted by Crippen LogP contribution is -2.29. The van der Waals surface area contributed by atoms with Gasteiger partial charge in [0.1, 0.15) is 23.9 Å². The number of para-hydroxylation sites is 1. The van der Waals surface area contributed by atoms with Crippen LogP contribution in [0.5, 0.6) is 11.5 Å². The Hall–Kier alpha value is -3.74. The Morgan fingerprint density at radius 1 is 0.933 bits per heavy atom. The van der Waals surface area contributed by atoms with E-state index in [-0.39, 0.29) is 12.4 Å². The van der Waals surface area contributed by atoms with E-state index >= 15 is 0 Å². The lowest BCUT2D eigenvalue weighted by molar-refractivity contribution is -0.123. The Kier molecular flexibility index (Phi) is 7.10. The molecule has 3 rings (SSSR count). The number of amides is 1. The maximum Gasteiger partial charge on any atom is 0.375 e. The highest BCUT2D eigenvalue weighted by Gasteiger charge is 2.21. The van der Waals surface area contributed by atoms with Crippen LogP contribution >= 0.6 is 0 Å². The second kappa shape index (κ2) is 10.2. The van der Waals surface area contributed by atoms with Gasteiger partial charge in [0.2, 0.25) is 5.76 Å². The molecule has 0 fully saturated rings. The van der Waals surface area contributed by atoms with E-state index in [0.717, 1.165) is 0 Å². The summed E-state index contributed by atoms with van der Waals surface area (Å²) in [6.07, 6.45) is -1.00. The Balaban J connectivity index is 1.49. The predicted octanol–water partition coefficient (Wildman–Crippen LogP) is 4.44. The van der Waals surface area contributed by atoms with Gasteiger partial charge in [-0.2, -0.15) is 0 Å². The summed E-state index contributed by atoms with van der Waals surface area (Å²) in [4.78, 5) is 24.5. The summed E-state index contributed by atoms with van der Waals surface area (Å²) in [5, 5.41) is 2.69. The minimum Gasteiger partial charge on any atom is -0.494 e. The van der Waals surface area contributed by atoms with E-state index in [1.54, 1.807) is 30.3 Å². The highest BCUT2D eigenvalue weighted by Crippen LogP contribution is 2.17. The van der Waals surface area contributed by atoms with Gasteiger partial charge in [-0.15, -0.1) is 0 Å². The first-order valence-corrected chi connectivity index (χ1v) is 9.56. The van der Waals surface area contributed by atoms with Crippen molar-refractivity contribution in [2.24, 2.45) is 0 Å². The van der Waals surface area contributed by atoms with Crippen LogP contribution in [0.2, 0.25) is 0 Å². The average Bonchev–Trinajstić information content (AvgIpc) is 3.24. The standard InChI is InChI=1S/C23H23NO6/c1-3-27-19-11-9-17(10-12-19)24-22(25)16(2)29-23(26)21-14-13-20(30-21)15-28-18-7-5-4-6-8-18/h4-14,16H,3,15H2,1-2H3,(H,24,25). The fraction of sp³-hybridized carbons (Fsp3) is 0.217. The first-order valence-electron chi connectivity index (χ1n) is 9.56. The second-order valence-corrected chi connectivity index (χ2v) is 6.36. The number of hydrogen-bond acceptors (Lipinski definition) is 6. The average molecular weight is 409 g/mol. The first kappa shape index (κ1) is 21.0. The van der Waals surface area contributed by atoms with E-state index in [2.05, 4.69) is 5.32 Å². The Bertz CT molecular complexity index is 965. The Morgan fingerprint density at radius 2 is 1.63 bits per heavy atom. The molecule has 7 heteroatoms. The maximum absolute atomic E-state index is 12.3. The van der Waals surface area contributed by atoms with Gasteiger partial charge in [0.05, 0.1) is 6.61 Å². The van der Waals surface area contributed by atoms with Gasteiger partial charge in [0.15, 0.2) is 6.10 Å². The van der Waals surface area contributed by atoms with Crippen LogP contribution in [0.4, 0.5) is 5.69 Å². The van der Waals surface area contributed by atoms with Gasteiger partial charge in [-0.25, -0.2) is 4.79 Å². The summed E-state index contributed by atoms with van der Waals surface area (Å²) in [6, 6.07) is 19.3. The summed E-state index contributed by atoms with van der Waals surface area (Å²) in [5.41, 5.74) is 0.574. The molecule has 1 unspecified atom stereocenters. The normalized spacial score (nSPS) is 11.4. The van der Waals surface area contributed by atoms with Crippen molar-refractivity contribution in [3.05, 3.63) is 78.3 Å². The Labute approximate surface area is 174 Å². The zero-order valence-corrected chi connectivity index (χ0v) is 16.8. The van der Waals surface area contributed by atoms with Gasteiger partial charge < -0.3 is 23.9 Å². The number of furan rings is 1. The smallest absolute Gasteiger partial charge is 0.375 e. The third-order valence-electron chi connectivity index (χ3n) is 4.07. The number of esters is 1. The van der Waals surface area contributed by atoms with Crippen molar-refractivity contribution < 1.29 is 28.2 Å². The van der Waals surface area contributed by atoms with Crippen LogP contribution in [0.15, 0.2) is 71.1 Å². The molecular formula is C23H23NO6. The van der Waals surface area contributed by atoms with E-state index in [4.69, 9.17) is 18.6 Å². The molecule has 1 atom stereocenters. The Morgan fingerprint density at radius 3 is 2.33 bits per heavy atom. The third-order valence-corrected chi connectivity index (χ3v) is 4.07. The predicted molar refractivity (Wildman–Crippen MR) is 111 cm³/mol. The fourth-order valence-corrected chi connectivity index (χ4v) is 2.55. The van der Waals surface area contributed by atoms with Gasteiger partial charge in [-0.05, 0) is 62.4 Å². The summed E-state index contributed by atoms with van der Waals surface area (Å²) >= 11 is 0. The highest BCUT2D eigenvalue weighted by molar-refractivity contribution is 5.96. The molecule has 0 saturated heterocycles. The zero-order chi connectivity index (χ0) is 21.3. The molecule has 7 nitrogen and oxygen atoms in total. The number of carbonyl (C=O) groups is 2. The first-order chi connectivity index (χ1) is 14.5. The quantitative estimate of drug-likeness (QED) is 0.526. The molecule has 0 saturated carbocycles. The number of nitrogens with one attached hydrogen (secondary N) is 1. The molecule has 1 amide bonds. The van der Waals surface area contributed by atoms with Gasteiger partial charge in [-0.3, -0.25) is 4.79 Å². The summed E-state index contributed by atoms with van der Waals surface area (Å²) in [5.74, 6) is 0.694. The van der Waals surface area contributed by atoms with Crippen molar-refractivity contribution in [1.82, 2.24) is 0 Å². The molecule has 3 aromatic rings. The third kappa shape index (κ3) is 5.88. The lowest BCUT2D eigenvalue weighted by atomic mass is 10.3. The van der Waals surface area contributed by atoms with Crippen LogP contribution in [0, 0.1) is 0 Å². The number of rotatable bonds is 9. The summed E-state index contributed by atoms with van der Waals surface area (Å²) in [6.45, 7) is 4.12. The van der Waals surface area contributed by atoms with Crippen LogP contribution in [0.1, 0.15) is 30.2 Å². The van der Waals surface area contributed by atoms with E-state index in [0.29, 0.717) is 29.6 Å². The minimum atomic E-state index is -1.00. The molecule has 0 aliphatic carbocycles.